The maximum atomic E-state index is 5.38. The molecule has 2 rings (SSSR count). The van der Waals surface area contributed by atoms with E-state index in [0.717, 1.165) is 26.0 Å². The largest absolute Gasteiger partial charge is 0.497 e. The highest BCUT2D eigenvalue weighted by molar-refractivity contribution is 9.10. The number of nitrogens with one attached hydrogen (secondary N) is 1. The van der Waals surface area contributed by atoms with E-state index < -0.39 is 0 Å². The van der Waals surface area contributed by atoms with Crippen LogP contribution < -0.4 is 10.1 Å². The average Bonchev–Trinajstić information content (AvgIpc) is 2.49. The maximum Gasteiger partial charge on any atom is 0.138 e. The van der Waals surface area contributed by atoms with E-state index >= 15 is 0 Å². The summed E-state index contributed by atoms with van der Waals surface area (Å²) >= 11 is 10.5. The predicted octanol–water partition coefficient (Wildman–Crippen LogP) is 5.40. The summed E-state index contributed by atoms with van der Waals surface area (Å²) in [6, 6.07) is 14.1. The van der Waals surface area contributed by atoms with E-state index in [9.17, 15) is 0 Å². The molecule has 0 fully saturated rings. The molecule has 0 saturated carbocycles. The van der Waals surface area contributed by atoms with Crippen LogP contribution in [0.15, 0.2) is 46.9 Å². The van der Waals surface area contributed by atoms with Crippen LogP contribution in [0.5, 0.6) is 5.75 Å². The van der Waals surface area contributed by atoms with E-state index in [1.54, 1.807) is 18.9 Å². The minimum Gasteiger partial charge on any atom is -0.497 e. The topological polar surface area (TPSA) is 21.3 Å². The van der Waals surface area contributed by atoms with Crippen LogP contribution in [-0.4, -0.2) is 11.4 Å². The lowest BCUT2D eigenvalue weighted by molar-refractivity contribution is 0.414. The number of halogens is 1. The normalized spacial score (nSPS) is 10.2. The van der Waals surface area contributed by atoms with Gasteiger partial charge in [-0.25, -0.2) is 0 Å². The van der Waals surface area contributed by atoms with Gasteiger partial charge < -0.3 is 10.1 Å². The van der Waals surface area contributed by atoms with Crippen LogP contribution in [0.25, 0.3) is 0 Å². The van der Waals surface area contributed by atoms with Gasteiger partial charge in [0.2, 0.25) is 0 Å². The summed E-state index contributed by atoms with van der Waals surface area (Å²) in [4.78, 5) is 0. The highest BCUT2D eigenvalue weighted by Crippen LogP contribution is 2.22. The van der Waals surface area contributed by atoms with Crippen LogP contribution in [0.4, 0.5) is 5.69 Å². The lowest BCUT2D eigenvalue weighted by Crippen LogP contribution is -2.05. The minimum atomic E-state index is 0.771. The maximum absolute atomic E-state index is 5.38. The third kappa shape index (κ3) is 5.02. The number of ether oxygens (including phenoxy) is 1. The van der Waals surface area contributed by atoms with Gasteiger partial charge in [-0.3, -0.25) is 0 Å². The average molecular weight is 382 g/mol. The Kier molecular flexibility index (Phi) is 6.08. The summed E-state index contributed by atoms with van der Waals surface area (Å²) < 4.78 is 7.02. The van der Waals surface area contributed by atoms with Gasteiger partial charge in [0.15, 0.2) is 0 Å². The van der Waals surface area contributed by atoms with Gasteiger partial charge >= 0.3 is 0 Å². The number of anilines is 1. The molecule has 5 heteroatoms. The predicted molar refractivity (Wildman–Crippen MR) is 99.4 cm³/mol. The molecule has 1 N–H and O–H groups in total. The molecular weight excluding hydrogens is 366 g/mol. The van der Waals surface area contributed by atoms with Gasteiger partial charge in [-0.1, -0.05) is 52.0 Å². The number of methoxy groups -OCH3 is 1. The van der Waals surface area contributed by atoms with Crippen LogP contribution in [0.2, 0.25) is 0 Å². The van der Waals surface area contributed by atoms with E-state index in [4.69, 9.17) is 17.0 Å². The Balaban J connectivity index is 1.87. The molecule has 0 radical (unpaired) electrons. The fraction of sp³-hybridized carbons (Fsp3) is 0.188. The Morgan fingerprint density at radius 2 is 1.95 bits per heavy atom. The van der Waals surface area contributed by atoms with E-state index in [-0.39, 0.29) is 0 Å². The van der Waals surface area contributed by atoms with E-state index in [1.165, 1.54) is 11.1 Å². The van der Waals surface area contributed by atoms with Gasteiger partial charge in [0.05, 0.1) is 7.11 Å². The fourth-order valence-electron chi connectivity index (χ4n) is 1.75. The second-order valence-corrected chi connectivity index (χ2v) is 7.02. The van der Waals surface area contributed by atoms with Crippen molar-refractivity contribution in [2.24, 2.45) is 0 Å². The third-order valence-electron chi connectivity index (χ3n) is 2.93. The number of hydrogen-bond acceptors (Lipinski definition) is 3. The number of thioether (sulfide) groups is 1. The van der Waals surface area contributed by atoms with E-state index in [0.29, 0.717) is 0 Å². The highest BCUT2D eigenvalue weighted by Gasteiger charge is 2.02. The Bertz CT molecular complexity index is 629. The lowest BCUT2D eigenvalue weighted by atomic mass is 10.2. The van der Waals surface area contributed by atoms with Crippen LogP contribution in [0.1, 0.15) is 11.1 Å². The molecule has 0 amide bonds. The molecule has 0 bridgehead atoms. The molecule has 0 atom stereocenters. The van der Waals surface area contributed by atoms with Gasteiger partial charge in [0.1, 0.15) is 10.1 Å². The summed E-state index contributed by atoms with van der Waals surface area (Å²) in [6.07, 6.45) is 0. The smallest absolute Gasteiger partial charge is 0.138 e. The minimum absolute atomic E-state index is 0.771. The Hall–Kier alpha value is -1.04. The van der Waals surface area contributed by atoms with Crippen molar-refractivity contribution in [3.05, 3.63) is 58.1 Å². The van der Waals surface area contributed by atoms with E-state index in [2.05, 4.69) is 46.4 Å². The second kappa shape index (κ2) is 7.82. The summed E-state index contributed by atoms with van der Waals surface area (Å²) in [5.41, 5.74) is 3.42. The monoisotopic (exact) mass is 381 g/mol. The first-order valence-electron chi connectivity index (χ1n) is 6.41. The molecule has 0 aliphatic rings. The van der Waals surface area contributed by atoms with Gasteiger partial charge in [0, 0.05) is 15.9 Å². The molecule has 21 heavy (non-hydrogen) atoms. The molecule has 0 spiro atoms. The molecule has 2 nitrogen and oxygen atoms in total. The zero-order valence-corrected chi connectivity index (χ0v) is 15.1. The quantitative estimate of drug-likeness (QED) is 0.715. The second-order valence-electron chi connectivity index (χ2n) is 4.51. The van der Waals surface area contributed by atoms with Gasteiger partial charge in [0.25, 0.3) is 0 Å². The molecule has 0 aliphatic carbocycles. The summed E-state index contributed by atoms with van der Waals surface area (Å²) in [6.45, 7) is 2.06. The molecule has 0 heterocycles. The molecular formula is C16H16BrNOS2. The number of rotatable bonds is 4. The summed E-state index contributed by atoms with van der Waals surface area (Å²) in [7, 11) is 1.67. The number of aryl methyl sites for hydroxylation is 1. The molecule has 110 valence electrons. The fourth-order valence-corrected chi connectivity index (χ4v) is 2.97. The van der Waals surface area contributed by atoms with Crippen LogP contribution in [0.3, 0.4) is 0 Å². The summed E-state index contributed by atoms with van der Waals surface area (Å²) in [5.74, 6) is 1.71. The lowest BCUT2D eigenvalue weighted by Gasteiger charge is -2.09. The standard InChI is InChI=1S/C16H16BrNOS2/c1-11-9-13(5-8-15(11)17)18-16(20)21-10-12-3-6-14(19-2)7-4-12/h3-9H,10H2,1-2H3,(H,18,20). The Morgan fingerprint density at radius 1 is 1.24 bits per heavy atom. The van der Waals surface area contributed by atoms with Crippen LogP contribution >= 0.6 is 39.9 Å². The van der Waals surface area contributed by atoms with Crippen molar-refractivity contribution in [2.45, 2.75) is 12.7 Å². The zero-order valence-electron chi connectivity index (χ0n) is 11.9. The first-order chi connectivity index (χ1) is 10.1. The number of thiocarbonyl (C=S) groups is 1. The summed E-state index contributed by atoms with van der Waals surface area (Å²) in [5, 5.41) is 3.25. The number of hydrogen-bond donors (Lipinski definition) is 1. The van der Waals surface area contributed by atoms with E-state index in [1.807, 2.05) is 24.3 Å². The van der Waals surface area contributed by atoms with Gasteiger partial charge in [-0.05, 0) is 48.4 Å². The van der Waals surface area contributed by atoms with Crippen molar-refractivity contribution in [1.82, 2.24) is 0 Å². The molecule has 0 saturated heterocycles. The third-order valence-corrected chi connectivity index (χ3v) is 5.12. The molecule has 0 unspecified atom stereocenters. The Labute approximate surface area is 143 Å². The zero-order chi connectivity index (χ0) is 15.2. The SMILES string of the molecule is COc1ccc(CSC(=S)Nc2ccc(Br)c(C)c2)cc1. The van der Waals surface area contributed by atoms with Crippen molar-refractivity contribution < 1.29 is 4.74 Å². The molecule has 2 aromatic rings. The van der Waals surface area contributed by atoms with Crippen molar-refractivity contribution in [3.63, 3.8) is 0 Å². The van der Waals surface area contributed by atoms with Crippen molar-refractivity contribution in [2.75, 3.05) is 12.4 Å². The van der Waals surface area contributed by atoms with Crippen LogP contribution in [0, 0.1) is 6.92 Å². The molecule has 0 aliphatic heterocycles. The van der Waals surface area contributed by atoms with Crippen molar-refractivity contribution in [1.29, 1.82) is 0 Å². The van der Waals surface area contributed by atoms with Crippen molar-refractivity contribution in [3.8, 4) is 5.75 Å². The van der Waals surface area contributed by atoms with Crippen LogP contribution in [-0.2, 0) is 5.75 Å². The molecule has 0 aromatic heterocycles. The number of benzene rings is 2. The van der Waals surface area contributed by atoms with Gasteiger partial charge in [-0.2, -0.15) is 0 Å². The van der Waals surface area contributed by atoms with Gasteiger partial charge in [-0.15, -0.1) is 0 Å². The first-order valence-corrected chi connectivity index (χ1v) is 8.60. The highest BCUT2D eigenvalue weighted by atomic mass is 79.9. The molecule has 2 aromatic carbocycles. The first kappa shape index (κ1) is 16.3. The Morgan fingerprint density at radius 3 is 2.57 bits per heavy atom. The van der Waals surface area contributed by atoms with Crippen molar-refractivity contribution >= 4 is 49.9 Å².